The van der Waals surface area contributed by atoms with Gasteiger partial charge in [-0.15, -0.1) is 0 Å². The molecule has 0 unspecified atom stereocenters. The van der Waals surface area contributed by atoms with Crippen molar-refractivity contribution in [3.05, 3.63) is 174 Å². The summed E-state index contributed by atoms with van der Waals surface area (Å²) in [5, 5.41) is 9.43. The number of anilines is 3. The average Bonchev–Trinajstić information content (AvgIpc) is 3.62. The van der Waals surface area contributed by atoms with Crippen LogP contribution in [0.4, 0.5) is 17.1 Å². The summed E-state index contributed by atoms with van der Waals surface area (Å²) < 4.78 is 7.26. The van der Waals surface area contributed by atoms with Crippen molar-refractivity contribution in [3.63, 3.8) is 0 Å². The number of ether oxygens (including phenoxy) is 1. The number of hydrogen-bond donors (Lipinski definition) is 2. The third kappa shape index (κ3) is 5.38. The molecule has 0 aliphatic carbocycles. The maximum atomic E-state index is 12.6. The summed E-state index contributed by atoms with van der Waals surface area (Å²) in [6.45, 7) is 2.04. The van der Waals surface area contributed by atoms with E-state index in [-0.39, 0.29) is 6.61 Å². The van der Waals surface area contributed by atoms with Gasteiger partial charge in [0.1, 0.15) is 5.54 Å². The van der Waals surface area contributed by atoms with Crippen LogP contribution < -0.4 is 11.1 Å². The van der Waals surface area contributed by atoms with Gasteiger partial charge >= 0.3 is 5.97 Å². The Morgan fingerprint density at radius 1 is 0.766 bits per heavy atom. The molecule has 0 spiro atoms. The topological polar surface area (TPSA) is 95.1 Å². The number of nitrogen functional groups attached to an aromatic ring is 1. The zero-order chi connectivity index (χ0) is 32.2. The van der Waals surface area contributed by atoms with Crippen LogP contribution >= 0.6 is 0 Å². The van der Waals surface area contributed by atoms with E-state index in [1.807, 2.05) is 65.5 Å². The molecular formula is C40H33N5O2. The van der Waals surface area contributed by atoms with Crippen molar-refractivity contribution < 1.29 is 9.53 Å². The van der Waals surface area contributed by atoms with Crippen LogP contribution in [-0.4, -0.2) is 27.3 Å². The van der Waals surface area contributed by atoms with Crippen molar-refractivity contribution >= 4 is 33.9 Å². The summed E-state index contributed by atoms with van der Waals surface area (Å²) in [4.78, 5) is 17.6. The minimum Gasteiger partial charge on any atom is -0.462 e. The largest absolute Gasteiger partial charge is 0.462 e. The van der Waals surface area contributed by atoms with E-state index in [0.29, 0.717) is 16.9 Å². The number of benzene rings is 5. The molecule has 7 rings (SSSR count). The van der Waals surface area contributed by atoms with Crippen molar-refractivity contribution in [1.29, 1.82) is 0 Å². The predicted molar refractivity (Wildman–Crippen MR) is 188 cm³/mol. The summed E-state index contributed by atoms with van der Waals surface area (Å²) in [7, 11) is 0. The minimum atomic E-state index is -0.748. The van der Waals surface area contributed by atoms with Crippen molar-refractivity contribution in [1.82, 2.24) is 14.8 Å². The van der Waals surface area contributed by atoms with E-state index < -0.39 is 11.5 Å². The number of rotatable bonds is 9. The first kappa shape index (κ1) is 29.5. The fraction of sp³-hybridized carbons (Fsp3) is 0.0750. The standard InChI is InChI=1S/C40H33N5O2/c1-2-47-39(46)33-22-14-24-35(38(33)41)44-37-25-36(43-34-23-13-12-21-32(34)37)28-26-42-45(27-28)40(29-15-6-3-7-16-29,30-17-8-4-9-18-30)31-19-10-5-11-20-31/h3-27H,2,41H2,1H3,(H,43,44). The predicted octanol–water partition coefficient (Wildman–Crippen LogP) is 8.44. The second-order valence-corrected chi connectivity index (χ2v) is 11.2. The Kier molecular flexibility index (Phi) is 7.94. The van der Waals surface area contributed by atoms with Crippen LogP contribution in [0.15, 0.2) is 152 Å². The van der Waals surface area contributed by atoms with E-state index in [0.717, 1.165) is 44.5 Å². The lowest BCUT2D eigenvalue weighted by Crippen LogP contribution is -2.38. The lowest BCUT2D eigenvalue weighted by atomic mass is 9.77. The highest BCUT2D eigenvalue weighted by atomic mass is 16.5. The first-order chi connectivity index (χ1) is 23.1. The Balaban J connectivity index is 1.38. The number of para-hydroxylation sites is 2. The summed E-state index contributed by atoms with van der Waals surface area (Å²) >= 11 is 0. The summed E-state index contributed by atoms with van der Waals surface area (Å²) in [5.41, 5.74) is 13.4. The minimum absolute atomic E-state index is 0.266. The molecule has 7 heteroatoms. The highest BCUT2D eigenvalue weighted by Gasteiger charge is 2.39. The Bertz CT molecular complexity index is 2070. The molecule has 0 atom stereocenters. The molecule has 0 bridgehead atoms. The maximum absolute atomic E-state index is 12.6. The summed E-state index contributed by atoms with van der Waals surface area (Å²) in [6.07, 6.45) is 3.92. The normalized spacial score (nSPS) is 11.3. The number of nitrogens with two attached hydrogens (primary N) is 1. The molecule has 7 aromatic rings. The number of esters is 1. The number of nitrogens with zero attached hydrogens (tertiary/aromatic N) is 3. The van der Waals surface area contributed by atoms with Gasteiger partial charge in [0, 0.05) is 17.1 Å². The molecule has 5 aromatic carbocycles. The van der Waals surface area contributed by atoms with Crippen LogP contribution in [0.5, 0.6) is 0 Å². The van der Waals surface area contributed by atoms with Gasteiger partial charge in [-0.1, -0.05) is 115 Å². The van der Waals surface area contributed by atoms with Gasteiger partial charge in [0.25, 0.3) is 0 Å². The maximum Gasteiger partial charge on any atom is 0.340 e. The Morgan fingerprint density at radius 3 is 1.98 bits per heavy atom. The van der Waals surface area contributed by atoms with Gasteiger partial charge in [0.2, 0.25) is 0 Å². The van der Waals surface area contributed by atoms with Crippen molar-refractivity contribution in [3.8, 4) is 11.3 Å². The molecular weight excluding hydrogens is 582 g/mol. The Labute approximate surface area is 273 Å². The van der Waals surface area contributed by atoms with Crippen LogP contribution in [0.2, 0.25) is 0 Å². The van der Waals surface area contributed by atoms with Crippen molar-refractivity contribution in [2.24, 2.45) is 0 Å². The third-order valence-corrected chi connectivity index (χ3v) is 8.38. The highest BCUT2D eigenvalue weighted by Crippen LogP contribution is 2.41. The second-order valence-electron chi connectivity index (χ2n) is 11.2. The fourth-order valence-corrected chi connectivity index (χ4v) is 6.21. The monoisotopic (exact) mass is 615 g/mol. The number of carbonyl (C=O) groups excluding carboxylic acids is 1. The van der Waals surface area contributed by atoms with Gasteiger partial charge in [-0.3, -0.25) is 4.68 Å². The number of aromatic nitrogens is 3. The van der Waals surface area contributed by atoms with Crippen LogP contribution in [0.1, 0.15) is 34.0 Å². The molecule has 0 saturated heterocycles. The number of carbonyl (C=O) groups is 1. The van der Waals surface area contributed by atoms with E-state index in [1.165, 1.54) is 0 Å². The van der Waals surface area contributed by atoms with E-state index in [2.05, 4.69) is 84.3 Å². The third-order valence-electron chi connectivity index (χ3n) is 8.38. The van der Waals surface area contributed by atoms with Crippen molar-refractivity contribution in [2.45, 2.75) is 12.5 Å². The number of hydrogen-bond acceptors (Lipinski definition) is 6. The molecule has 3 N–H and O–H groups in total. The molecule has 0 fully saturated rings. The quantitative estimate of drug-likeness (QED) is 0.0962. The smallest absolute Gasteiger partial charge is 0.340 e. The summed E-state index contributed by atoms with van der Waals surface area (Å²) in [5.74, 6) is -0.458. The molecule has 0 aliphatic rings. The van der Waals surface area contributed by atoms with Gasteiger partial charge in [0.15, 0.2) is 0 Å². The first-order valence-electron chi connectivity index (χ1n) is 15.5. The zero-order valence-electron chi connectivity index (χ0n) is 25.9. The molecule has 7 nitrogen and oxygen atoms in total. The van der Waals surface area contributed by atoms with Crippen LogP contribution in [-0.2, 0) is 10.3 Å². The fourth-order valence-electron chi connectivity index (χ4n) is 6.21. The molecule has 2 aromatic heterocycles. The van der Waals surface area contributed by atoms with E-state index >= 15 is 0 Å². The SMILES string of the molecule is CCOC(=O)c1cccc(Nc2cc(-c3cnn(C(c4ccccc4)(c4ccccc4)c4ccccc4)c3)nc3ccccc23)c1N. The second kappa shape index (κ2) is 12.7. The van der Waals surface area contributed by atoms with Crippen LogP contribution in [0.3, 0.4) is 0 Å². The van der Waals surface area contributed by atoms with Crippen molar-refractivity contribution in [2.75, 3.05) is 17.7 Å². The Hall–Kier alpha value is -6.21. The molecule has 0 saturated carbocycles. The number of nitrogens with one attached hydrogen (secondary N) is 1. The number of pyridine rings is 1. The first-order valence-corrected chi connectivity index (χ1v) is 15.5. The van der Waals surface area contributed by atoms with E-state index in [4.69, 9.17) is 20.6 Å². The van der Waals surface area contributed by atoms with E-state index in [9.17, 15) is 4.79 Å². The lowest BCUT2D eigenvalue weighted by Gasteiger charge is -2.36. The Morgan fingerprint density at radius 2 is 1.36 bits per heavy atom. The molecule has 0 aliphatic heterocycles. The van der Waals surface area contributed by atoms with E-state index in [1.54, 1.807) is 19.1 Å². The van der Waals surface area contributed by atoms with Gasteiger partial charge in [-0.25, -0.2) is 9.78 Å². The molecule has 47 heavy (non-hydrogen) atoms. The molecule has 0 radical (unpaired) electrons. The van der Waals surface area contributed by atoms with Gasteiger partial charge in [-0.2, -0.15) is 5.10 Å². The van der Waals surface area contributed by atoms with Gasteiger partial charge in [-0.05, 0) is 47.9 Å². The molecule has 2 heterocycles. The number of fused-ring (bicyclic) bond motifs is 1. The van der Waals surface area contributed by atoms with Crippen LogP contribution in [0, 0.1) is 0 Å². The highest BCUT2D eigenvalue weighted by molar-refractivity contribution is 6.01. The van der Waals surface area contributed by atoms with Crippen LogP contribution in [0.25, 0.3) is 22.2 Å². The molecule has 230 valence electrons. The van der Waals surface area contributed by atoms with Gasteiger partial charge in [0.05, 0.1) is 46.6 Å². The van der Waals surface area contributed by atoms with Gasteiger partial charge < -0.3 is 15.8 Å². The lowest BCUT2D eigenvalue weighted by molar-refractivity contribution is 0.0527. The average molecular weight is 616 g/mol. The summed E-state index contributed by atoms with van der Waals surface area (Å²) in [6, 6.07) is 46.6. The molecule has 0 amide bonds. The zero-order valence-corrected chi connectivity index (χ0v) is 25.9.